The van der Waals surface area contributed by atoms with Crippen LogP contribution in [0.25, 0.3) is 0 Å². The van der Waals surface area contributed by atoms with Gasteiger partial charge in [0.05, 0.1) is 7.11 Å². The summed E-state index contributed by atoms with van der Waals surface area (Å²) in [6.45, 7) is 0. The Morgan fingerprint density at radius 2 is 2.00 bits per heavy atom. The summed E-state index contributed by atoms with van der Waals surface area (Å²) in [5.41, 5.74) is 0.262. The van der Waals surface area contributed by atoms with Crippen molar-refractivity contribution in [3.63, 3.8) is 0 Å². The molecule has 0 aromatic heterocycles. The van der Waals surface area contributed by atoms with Gasteiger partial charge in [-0.3, -0.25) is 4.79 Å². The van der Waals surface area contributed by atoms with Gasteiger partial charge >= 0.3 is 0 Å². The molecule has 0 aliphatic heterocycles. The van der Waals surface area contributed by atoms with Crippen LogP contribution >= 0.6 is 0 Å². The average Bonchev–Trinajstić information content (AvgIpc) is 2.46. The van der Waals surface area contributed by atoms with E-state index in [0.717, 1.165) is 12.8 Å². The molecule has 0 bridgehead atoms. The number of phenols is 1. The van der Waals surface area contributed by atoms with E-state index < -0.39 is 0 Å². The number of phenolic OH excluding ortho intramolecular Hbond substituents is 1. The van der Waals surface area contributed by atoms with Gasteiger partial charge in [-0.15, -0.1) is 0 Å². The summed E-state index contributed by atoms with van der Waals surface area (Å²) in [6, 6.07) is 5.16. The monoisotopic (exact) mass is 263 g/mol. The molecule has 1 aromatic carbocycles. The van der Waals surface area contributed by atoms with Crippen molar-refractivity contribution in [2.75, 3.05) is 14.2 Å². The first-order chi connectivity index (χ1) is 9.15. The number of carbonyl (C=O) groups excluding carboxylic acids is 1. The van der Waals surface area contributed by atoms with Crippen LogP contribution in [0.1, 0.15) is 42.5 Å². The Balaban J connectivity index is 2.23. The number of rotatable bonds is 3. The lowest BCUT2D eigenvalue weighted by Gasteiger charge is -2.31. The van der Waals surface area contributed by atoms with E-state index in [1.807, 2.05) is 7.05 Å². The summed E-state index contributed by atoms with van der Waals surface area (Å²) in [6.07, 6.45) is 5.66. The maximum absolute atomic E-state index is 12.5. The van der Waals surface area contributed by atoms with Crippen LogP contribution in [0.15, 0.2) is 18.2 Å². The van der Waals surface area contributed by atoms with E-state index in [-0.39, 0.29) is 23.3 Å². The molecule has 19 heavy (non-hydrogen) atoms. The molecule has 104 valence electrons. The van der Waals surface area contributed by atoms with Gasteiger partial charge in [-0.05, 0) is 25.0 Å². The topological polar surface area (TPSA) is 49.8 Å². The third-order valence-corrected chi connectivity index (χ3v) is 3.88. The molecule has 4 nitrogen and oxygen atoms in total. The second-order valence-corrected chi connectivity index (χ2v) is 5.06. The van der Waals surface area contributed by atoms with Crippen molar-refractivity contribution in [1.82, 2.24) is 4.90 Å². The summed E-state index contributed by atoms with van der Waals surface area (Å²) in [5.74, 6) is 0.238. The molecular weight excluding hydrogens is 242 g/mol. The summed E-state index contributed by atoms with van der Waals surface area (Å²) in [5, 5.41) is 9.91. The first-order valence-electron chi connectivity index (χ1n) is 6.78. The lowest BCUT2D eigenvalue weighted by molar-refractivity contribution is 0.0689. The first kappa shape index (κ1) is 13.7. The molecule has 2 rings (SSSR count). The highest BCUT2D eigenvalue weighted by molar-refractivity contribution is 5.99. The minimum Gasteiger partial charge on any atom is -0.507 e. The van der Waals surface area contributed by atoms with Crippen molar-refractivity contribution in [2.45, 2.75) is 38.1 Å². The second kappa shape index (κ2) is 5.95. The highest BCUT2D eigenvalue weighted by atomic mass is 16.5. The average molecular weight is 263 g/mol. The summed E-state index contributed by atoms with van der Waals surface area (Å²) in [4.78, 5) is 14.3. The molecule has 4 heteroatoms. The van der Waals surface area contributed by atoms with Gasteiger partial charge in [0.1, 0.15) is 17.1 Å². The van der Waals surface area contributed by atoms with Crippen molar-refractivity contribution in [2.24, 2.45) is 0 Å². The van der Waals surface area contributed by atoms with Gasteiger partial charge in [0.15, 0.2) is 0 Å². The lowest BCUT2D eigenvalue weighted by Crippen LogP contribution is -2.38. The molecule has 1 N–H and O–H groups in total. The van der Waals surface area contributed by atoms with E-state index in [2.05, 4.69) is 0 Å². The number of ether oxygens (including phenoxy) is 1. The predicted octanol–water partition coefficient (Wildman–Crippen LogP) is 2.81. The van der Waals surface area contributed by atoms with Crippen LogP contribution in [-0.2, 0) is 0 Å². The molecule has 0 radical (unpaired) electrons. The summed E-state index contributed by atoms with van der Waals surface area (Å²) in [7, 11) is 3.32. The highest BCUT2D eigenvalue weighted by Crippen LogP contribution is 2.30. The molecule has 1 saturated carbocycles. The van der Waals surface area contributed by atoms with E-state index in [1.54, 1.807) is 17.0 Å². The number of methoxy groups -OCH3 is 1. The standard InChI is InChI=1S/C15H21NO3/c1-16(11-7-4-3-5-8-11)15(18)14-12(17)9-6-10-13(14)19-2/h6,9-11,17H,3-5,7-8H2,1-2H3. The van der Waals surface area contributed by atoms with Crippen molar-refractivity contribution >= 4 is 5.91 Å². The molecule has 1 amide bonds. The van der Waals surface area contributed by atoms with Crippen molar-refractivity contribution < 1.29 is 14.6 Å². The number of hydrogen-bond acceptors (Lipinski definition) is 3. The third-order valence-electron chi connectivity index (χ3n) is 3.88. The minimum atomic E-state index is -0.165. The van der Waals surface area contributed by atoms with Crippen molar-refractivity contribution in [3.05, 3.63) is 23.8 Å². The third kappa shape index (κ3) is 2.83. The maximum Gasteiger partial charge on any atom is 0.261 e. The molecular formula is C15H21NO3. The second-order valence-electron chi connectivity index (χ2n) is 5.06. The fourth-order valence-corrected chi connectivity index (χ4v) is 2.72. The van der Waals surface area contributed by atoms with E-state index in [9.17, 15) is 9.90 Å². The van der Waals surface area contributed by atoms with E-state index in [4.69, 9.17) is 4.74 Å². The van der Waals surface area contributed by atoms with Gasteiger partial charge in [-0.2, -0.15) is 0 Å². The fraction of sp³-hybridized carbons (Fsp3) is 0.533. The Morgan fingerprint density at radius 1 is 1.32 bits per heavy atom. The highest BCUT2D eigenvalue weighted by Gasteiger charge is 2.26. The molecule has 0 unspecified atom stereocenters. The molecule has 0 spiro atoms. The Hall–Kier alpha value is -1.71. The van der Waals surface area contributed by atoms with Gasteiger partial charge in [0, 0.05) is 13.1 Å². The zero-order valence-corrected chi connectivity index (χ0v) is 11.6. The molecule has 0 saturated heterocycles. The normalized spacial score (nSPS) is 16.1. The number of benzene rings is 1. The smallest absolute Gasteiger partial charge is 0.261 e. The molecule has 0 heterocycles. The molecule has 0 atom stereocenters. The number of amides is 1. The molecule has 1 aliphatic rings. The van der Waals surface area contributed by atoms with Gasteiger partial charge in [0.25, 0.3) is 5.91 Å². The number of hydrogen-bond donors (Lipinski definition) is 1. The van der Waals surface area contributed by atoms with Gasteiger partial charge in [-0.1, -0.05) is 25.3 Å². The van der Waals surface area contributed by atoms with E-state index in [1.165, 1.54) is 32.4 Å². The van der Waals surface area contributed by atoms with Crippen LogP contribution in [0.3, 0.4) is 0 Å². The first-order valence-corrected chi connectivity index (χ1v) is 6.78. The van der Waals surface area contributed by atoms with Crippen LogP contribution in [-0.4, -0.2) is 36.1 Å². The molecule has 1 fully saturated rings. The van der Waals surface area contributed by atoms with Crippen molar-refractivity contribution in [3.8, 4) is 11.5 Å². The number of nitrogens with zero attached hydrogens (tertiary/aromatic N) is 1. The number of aromatic hydroxyl groups is 1. The number of carbonyl (C=O) groups is 1. The van der Waals surface area contributed by atoms with Gasteiger partial charge in [0.2, 0.25) is 0 Å². The predicted molar refractivity (Wildman–Crippen MR) is 73.6 cm³/mol. The van der Waals surface area contributed by atoms with Crippen molar-refractivity contribution in [1.29, 1.82) is 0 Å². The largest absolute Gasteiger partial charge is 0.507 e. The zero-order chi connectivity index (χ0) is 13.8. The van der Waals surface area contributed by atoms with Gasteiger partial charge in [-0.25, -0.2) is 0 Å². The van der Waals surface area contributed by atoms with Crippen LogP contribution in [0.2, 0.25) is 0 Å². The molecule has 1 aromatic rings. The van der Waals surface area contributed by atoms with Crippen LogP contribution in [0.4, 0.5) is 0 Å². The minimum absolute atomic E-state index is 0.0213. The quantitative estimate of drug-likeness (QED) is 0.912. The van der Waals surface area contributed by atoms with Gasteiger partial charge < -0.3 is 14.7 Å². The SMILES string of the molecule is COc1cccc(O)c1C(=O)N(C)C1CCCCC1. The van der Waals surface area contributed by atoms with Crippen LogP contribution in [0, 0.1) is 0 Å². The Labute approximate surface area is 114 Å². The van der Waals surface area contributed by atoms with E-state index >= 15 is 0 Å². The Kier molecular flexibility index (Phi) is 4.30. The fourth-order valence-electron chi connectivity index (χ4n) is 2.72. The van der Waals surface area contributed by atoms with E-state index in [0.29, 0.717) is 5.75 Å². The maximum atomic E-state index is 12.5. The summed E-state index contributed by atoms with van der Waals surface area (Å²) >= 11 is 0. The zero-order valence-electron chi connectivity index (χ0n) is 11.6. The Morgan fingerprint density at radius 3 is 2.63 bits per heavy atom. The summed E-state index contributed by atoms with van der Waals surface area (Å²) < 4.78 is 5.18. The lowest BCUT2D eigenvalue weighted by atomic mass is 9.94. The molecule has 1 aliphatic carbocycles. The van der Waals surface area contributed by atoms with Crippen LogP contribution in [0.5, 0.6) is 11.5 Å². The Bertz CT molecular complexity index is 453. The van der Waals surface area contributed by atoms with Crippen LogP contribution < -0.4 is 4.74 Å².